The number of fused-ring (bicyclic) bond motifs is 1. The Balaban J connectivity index is 2.79. The minimum atomic E-state index is -1.01. The lowest BCUT2D eigenvalue weighted by Crippen LogP contribution is -2.02. The van der Waals surface area contributed by atoms with E-state index in [1.807, 2.05) is 6.92 Å². The van der Waals surface area contributed by atoms with E-state index in [1.165, 1.54) is 0 Å². The van der Waals surface area contributed by atoms with Crippen molar-refractivity contribution in [2.75, 3.05) is 0 Å². The summed E-state index contributed by atoms with van der Waals surface area (Å²) >= 11 is 5.84. The van der Waals surface area contributed by atoms with Crippen molar-refractivity contribution in [1.29, 1.82) is 0 Å². The van der Waals surface area contributed by atoms with Crippen molar-refractivity contribution < 1.29 is 9.90 Å². The maximum atomic E-state index is 10.9. The average Bonchev–Trinajstić information content (AvgIpc) is 2.55. The van der Waals surface area contributed by atoms with Crippen LogP contribution in [0.25, 0.3) is 5.65 Å². The van der Waals surface area contributed by atoms with Crippen LogP contribution >= 0.6 is 11.6 Å². The molecule has 0 spiro atoms. The second kappa shape index (κ2) is 3.55. The summed E-state index contributed by atoms with van der Waals surface area (Å²) in [5, 5.41) is 9.52. The number of carbonyl (C=O) groups is 1. The van der Waals surface area contributed by atoms with Crippen molar-refractivity contribution in [2.45, 2.75) is 13.3 Å². The number of hydrogen-bond acceptors (Lipinski definition) is 2. The number of pyridine rings is 1. The monoisotopic (exact) mass is 224 g/mol. The van der Waals surface area contributed by atoms with Crippen LogP contribution in [0.5, 0.6) is 0 Å². The summed E-state index contributed by atoms with van der Waals surface area (Å²) in [4.78, 5) is 15.0. The Hall–Kier alpha value is -1.55. The van der Waals surface area contributed by atoms with Crippen molar-refractivity contribution >= 4 is 23.2 Å². The fraction of sp³-hybridized carbons (Fsp3) is 0.200. The third-order valence-electron chi connectivity index (χ3n) is 2.22. The molecule has 2 heterocycles. The van der Waals surface area contributed by atoms with Crippen molar-refractivity contribution in [3.05, 3.63) is 34.7 Å². The van der Waals surface area contributed by atoms with Gasteiger partial charge in [-0.3, -0.25) is 0 Å². The second-order valence-electron chi connectivity index (χ2n) is 3.14. The average molecular weight is 225 g/mol. The van der Waals surface area contributed by atoms with Gasteiger partial charge in [0.2, 0.25) is 0 Å². The predicted molar refractivity (Wildman–Crippen MR) is 56.5 cm³/mol. The van der Waals surface area contributed by atoms with E-state index in [-0.39, 0.29) is 5.69 Å². The zero-order chi connectivity index (χ0) is 11.0. The van der Waals surface area contributed by atoms with Gasteiger partial charge in [-0.15, -0.1) is 0 Å². The summed E-state index contributed by atoms with van der Waals surface area (Å²) in [5.41, 5.74) is 1.37. The largest absolute Gasteiger partial charge is 0.476 e. The van der Waals surface area contributed by atoms with E-state index < -0.39 is 5.97 Å². The Morgan fingerprint density at radius 1 is 1.60 bits per heavy atom. The fourth-order valence-electron chi connectivity index (χ4n) is 1.58. The number of carboxylic acids is 1. The highest BCUT2D eigenvalue weighted by Gasteiger charge is 2.16. The highest BCUT2D eigenvalue weighted by atomic mass is 35.5. The van der Waals surface area contributed by atoms with E-state index in [0.29, 0.717) is 22.8 Å². The maximum absolute atomic E-state index is 10.9. The smallest absolute Gasteiger partial charge is 0.356 e. The minimum Gasteiger partial charge on any atom is -0.476 e. The number of aryl methyl sites for hydroxylation is 1. The summed E-state index contributed by atoms with van der Waals surface area (Å²) in [6.07, 6.45) is 2.28. The van der Waals surface area contributed by atoms with Crippen LogP contribution in [0.1, 0.15) is 23.1 Å². The van der Waals surface area contributed by atoms with Gasteiger partial charge in [-0.25, -0.2) is 9.78 Å². The number of nitrogens with zero attached hydrogens (tertiary/aromatic N) is 2. The molecule has 78 valence electrons. The van der Waals surface area contributed by atoms with Gasteiger partial charge in [-0.2, -0.15) is 0 Å². The number of halogens is 1. The van der Waals surface area contributed by atoms with E-state index in [4.69, 9.17) is 16.7 Å². The van der Waals surface area contributed by atoms with E-state index in [1.54, 1.807) is 22.7 Å². The molecule has 0 aliphatic rings. The molecule has 0 aliphatic carbocycles. The summed E-state index contributed by atoms with van der Waals surface area (Å²) in [5.74, 6) is -1.01. The second-order valence-corrected chi connectivity index (χ2v) is 3.58. The van der Waals surface area contributed by atoms with Crippen LogP contribution in [0.3, 0.4) is 0 Å². The molecule has 0 saturated heterocycles. The molecule has 2 aromatic rings. The van der Waals surface area contributed by atoms with Crippen LogP contribution in [0.4, 0.5) is 0 Å². The van der Waals surface area contributed by atoms with Gasteiger partial charge in [0.1, 0.15) is 5.65 Å². The summed E-state index contributed by atoms with van der Waals surface area (Å²) < 4.78 is 1.71. The van der Waals surface area contributed by atoms with Gasteiger partial charge < -0.3 is 9.51 Å². The van der Waals surface area contributed by atoms with Crippen molar-refractivity contribution in [3.63, 3.8) is 0 Å². The lowest BCUT2D eigenvalue weighted by Gasteiger charge is -1.99. The van der Waals surface area contributed by atoms with E-state index >= 15 is 0 Å². The van der Waals surface area contributed by atoms with Crippen LogP contribution in [0.2, 0.25) is 5.02 Å². The van der Waals surface area contributed by atoms with Crippen molar-refractivity contribution in [2.24, 2.45) is 0 Å². The maximum Gasteiger partial charge on any atom is 0.356 e. The fourth-order valence-corrected chi connectivity index (χ4v) is 1.74. The van der Waals surface area contributed by atoms with Gasteiger partial charge in [0.15, 0.2) is 5.69 Å². The Labute approximate surface area is 91.1 Å². The van der Waals surface area contributed by atoms with Gasteiger partial charge in [-0.05, 0) is 18.6 Å². The molecule has 0 bridgehead atoms. The number of imidazole rings is 1. The first-order chi connectivity index (χ1) is 7.13. The molecule has 2 rings (SSSR count). The van der Waals surface area contributed by atoms with Gasteiger partial charge in [0.05, 0.1) is 10.7 Å². The molecular weight excluding hydrogens is 216 g/mol. The first-order valence-corrected chi connectivity index (χ1v) is 4.91. The predicted octanol–water partition coefficient (Wildman–Crippen LogP) is 2.25. The van der Waals surface area contributed by atoms with Crippen LogP contribution < -0.4 is 0 Å². The quantitative estimate of drug-likeness (QED) is 0.851. The molecule has 0 atom stereocenters. The number of carboxylic acid groups (broad SMARTS) is 1. The highest BCUT2D eigenvalue weighted by molar-refractivity contribution is 6.30. The Bertz CT molecular complexity index is 533. The highest BCUT2D eigenvalue weighted by Crippen LogP contribution is 2.17. The first-order valence-electron chi connectivity index (χ1n) is 4.53. The van der Waals surface area contributed by atoms with Crippen LogP contribution in [0.15, 0.2) is 18.3 Å². The van der Waals surface area contributed by atoms with Crippen LogP contribution in [0, 0.1) is 0 Å². The molecule has 0 unspecified atom stereocenters. The van der Waals surface area contributed by atoms with E-state index in [2.05, 4.69) is 4.98 Å². The molecule has 0 radical (unpaired) electrons. The molecule has 4 nitrogen and oxygen atoms in total. The molecular formula is C10H9ClN2O2. The zero-order valence-electron chi connectivity index (χ0n) is 8.07. The molecule has 0 fully saturated rings. The van der Waals surface area contributed by atoms with Gasteiger partial charge in [0, 0.05) is 6.20 Å². The molecule has 0 aromatic carbocycles. The molecule has 0 saturated carbocycles. The van der Waals surface area contributed by atoms with Crippen molar-refractivity contribution in [3.8, 4) is 0 Å². The van der Waals surface area contributed by atoms with Gasteiger partial charge in [0.25, 0.3) is 0 Å². The third kappa shape index (κ3) is 1.57. The Morgan fingerprint density at radius 2 is 2.33 bits per heavy atom. The standard InChI is InChI=1S/C10H9ClN2O2/c1-2-7-9(10(14)15)12-8-4-3-6(11)5-13(7)8/h3-5H,2H2,1H3,(H,14,15). The Kier molecular flexibility index (Phi) is 2.36. The lowest BCUT2D eigenvalue weighted by atomic mass is 10.2. The van der Waals surface area contributed by atoms with Crippen LogP contribution in [-0.4, -0.2) is 20.5 Å². The van der Waals surface area contributed by atoms with Gasteiger partial charge >= 0.3 is 5.97 Å². The number of aromatic nitrogens is 2. The van der Waals surface area contributed by atoms with Crippen LogP contribution in [-0.2, 0) is 6.42 Å². The van der Waals surface area contributed by atoms with Crippen molar-refractivity contribution in [1.82, 2.24) is 9.38 Å². The SMILES string of the molecule is CCc1c(C(=O)O)nc2ccc(Cl)cn12. The number of rotatable bonds is 2. The number of hydrogen-bond donors (Lipinski definition) is 1. The molecule has 5 heteroatoms. The van der Waals surface area contributed by atoms with E-state index in [0.717, 1.165) is 0 Å². The van der Waals surface area contributed by atoms with E-state index in [9.17, 15) is 4.79 Å². The summed E-state index contributed by atoms with van der Waals surface area (Å²) in [6, 6.07) is 3.39. The molecule has 0 aliphatic heterocycles. The van der Waals surface area contributed by atoms with Gasteiger partial charge in [-0.1, -0.05) is 18.5 Å². The Morgan fingerprint density at radius 3 is 2.93 bits per heavy atom. The zero-order valence-corrected chi connectivity index (χ0v) is 8.82. The summed E-state index contributed by atoms with van der Waals surface area (Å²) in [6.45, 7) is 1.89. The molecule has 2 aromatic heterocycles. The topological polar surface area (TPSA) is 54.6 Å². The third-order valence-corrected chi connectivity index (χ3v) is 2.44. The lowest BCUT2D eigenvalue weighted by molar-refractivity contribution is 0.0690. The summed E-state index contributed by atoms with van der Waals surface area (Å²) in [7, 11) is 0. The number of aromatic carboxylic acids is 1. The minimum absolute atomic E-state index is 0.0970. The molecule has 1 N–H and O–H groups in total. The normalized spacial score (nSPS) is 10.8. The molecule has 15 heavy (non-hydrogen) atoms. The molecule has 0 amide bonds. The first kappa shape index (κ1) is 9.98.